The Kier molecular flexibility index (Phi) is 9.32. The minimum Gasteiger partial charge on any atom is -0.490 e. The SMILES string of the molecule is CN(C/C=C1/CCO[C@H]([C@@H]2CC[C@H]2CN2CC3(CCCc4cc(Cl)ccc43)COc3ccc(C(=O)O)cc32)C1)C(=O)OC(C)(C)C. The molecular formula is C37H47ClN2O6. The van der Waals surface area contributed by atoms with Crippen molar-refractivity contribution in [2.24, 2.45) is 11.8 Å². The van der Waals surface area contributed by atoms with Gasteiger partial charge in [-0.1, -0.05) is 29.3 Å². The number of aromatic carboxylic acids is 1. The van der Waals surface area contributed by atoms with Crippen LogP contribution in [-0.4, -0.2) is 73.7 Å². The lowest BCUT2D eigenvalue weighted by atomic mass is 9.67. The van der Waals surface area contributed by atoms with Gasteiger partial charge in [-0.05, 0) is 119 Å². The van der Waals surface area contributed by atoms with Gasteiger partial charge in [0.05, 0.1) is 30.6 Å². The standard InChI is InChI=1S/C37H47ClN2O6/c1-36(2,3)46-35(43)39(4)16-13-24-14-17-44-33(18-24)29-10-7-27(29)21-40-22-37(15-5-6-25-19-28(38)9-11-30(25)37)23-45-32-12-8-26(34(41)42)20-31(32)40/h8-9,11-13,19-20,27,29,33H,5-7,10,14-18,21-23H2,1-4H3,(H,41,42)/b24-13-/t27-,29+,33-,37?/m0/s1. The number of benzene rings is 2. The molecule has 248 valence electrons. The Labute approximate surface area is 277 Å². The summed E-state index contributed by atoms with van der Waals surface area (Å²) in [4.78, 5) is 28.5. The fourth-order valence-corrected chi connectivity index (χ4v) is 7.94. The highest BCUT2D eigenvalue weighted by Gasteiger charge is 2.45. The lowest BCUT2D eigenvalue weighted by Gasteiger charge is -2.47. The van der Waals surface area contributed by atoms with Crippen LogP contribution in [0.1, 0.15) is 80.8 Å². The molecule has 1 amide bonds. The highest BCUT2D eigenvalue weighted by atomic mass is 35.5. The highest BCUT2D eigenvalue weighted by molar-refractivity contribution is 6.30. The zero-order chi connectivity index (χ0) is 32.6. The zero-order valence-electron chi connectivity index (χ0n) is 27.5. The molecule has 9 heteroatoms. The van der Waals surface area contributed by atoms with Gasteiger partial charge in [-0.2, -0.15) is 0 Å². The van der Waals surface area contributed by atoms with Crippen molar-refractivity contribution in [3.05, 3.63) is 69.8 Å². The molecule has 2 aliphatic heterocycles. The summed E-state index contributed by atoms with van der Waals surface area (Å²) >= 11 is 6.42. The van der Waals surface area contributed by atoms with Gasteiger partial charge in [0.15, 0.2) is 0 Å². The van der Waals surface area contributed by atoms with Crippen LogP contribution >= 0.6 is 11.6 Å². The molecule has 1 saturated carbocycles. The van der Waals surface area contributed by atoms with Crippen molar-refractivity contribution in [3.8, 4) is 5.75 Å². The quantitative estimate of drug-likeness (QED) is 0.324. The van der Waals surface area contributed by atoms with E-state index >= 15 is 0 Å². The van der Waals surface area contributed by atoms with Crippen LogP contribution in [0.4, 0.5) is 10.5 Å². The molecule has 2 aromatic carbocycles. The third-order valence-corrected chi connectivity index (χ3v) is 10.5. The molecule has 2 fully saturated rings. The number of halogens is 1. The number of ether oxygens (including phenoxy) is 3. The Balaban J connectivity index is 1.20. The molecule has 1 unspecified atom stereocenters. The predicted octanol–water partition coefficient (Wildman–Crippen LogP) is 7.51. The second kappa shape index (κ2) is 13.1. The maximum Gasteiger partial charge on any atom is 0.410 e. The van der Waals surface area contributed by atoms with Crippen LogP contribution in [0.15, 0.2) is 48.0 Å². The minimum atomic E-state index is -0.937. The van der Waals surface area contributed by atoms with E-state index in [1.54, 1.807) is 24.1 Å². The first-order valence-electron chi connectivity index (χ1n) is 16.7. The lowest BCUT2D eigenvalue weighted by molar-refractivity contribution is -0.0532. The van der Waals surface area contributed by atoms with E-state index in [4.69, 9.17) is 25.8 Å². The third kappa shape index (κ3) is 7.03. The van der Waals surface area contributed by atoms with E-state index in [1.807, 2.05) is 32.9 Å². The minimum absolute atomic E-state index is 0.130. The van der Waals surface area contributed by atoms with Crippen LogP contribution in [-0.2, 0) is 21.3 Å². The van der Waals surface area contributed by atoms with Crippen molar-refractivity contribution in [2.75, 3.05) is 44.8 Å². The van der Waals surface area contributed by atoms with Gasteiger partial charge in [0.2, 0.25) is 0 Å². The zero-order valence-corrected chi connectivity index (χ0v) is 28.3. The van der Waals surface area contributed by atoms with Crippen LogP contribution in [0.25, 0.3) is 0 Å². The Morgan fingerprint density at radius 3 is 2.74 bits per heavy atom. The van der Waals surface area contributed by atoms with Gasteiger partial charge in [0.1, 0.15) is 11.4 Å². The van der Waals surface area contributed by atoms with Crippen LogP contribution < -0.4 is 9.64 Å². The molecule has 1 spiro atoms. The van der Waals surface area contributed by atoms with Crippen LogP contribution in [0.2, 0.25) is 5.02 Å². The van der Waals surface area contributed by atoms with Crippen molar-refractivity contribution < 1.29 is 28.9 Å². The molecule has 0 bridgehead atoms. The van der Waals surface area contributed by atoms with Crippen molar-refractivity contribution in [3.63, 3.8) is 0 Å². The number of aryl methyl sites for hydroxylation is 1. The molecule has 2 heterocycles. The van der Waals surface area contributed by atoms with E-state index in [0.717, 1.165) is 74.5 Å². The maximum absolute atomic E-state index is 12.5. The molecule has 1 saturated heterocycles. The van der Waals surface area contributed by atoms with Crippen LogP contribution in [0.5, 0.6) is 5.75 Å². The van der Waals surface area contributed by atoms with Crippen molar-refractivity contribution >= 4 is 29.4 Å². The molecule has 0 aromatic heterocycles. The highest BCUT2D eigenvalue weighted by Crippen LogP contribution is 2.47. The Morgan fingerprint density at radius 2 is 2.00 bits per heavy atom. The van der Waals surface area contributed by atoms with Gasteiger partial charge >= 0.3 is 12.1 Å². The summed E-state index contributed by atoms with van der Waals surface area (Å²) < 4.78 is 18.4. The van der Waals surface area contributed by atoms with Gasteiger partial charge in [-0.15, -0.1) is 0 Å². The number of carbonyl (C=O) groups excluding carboxylic acids is 1. The molecule has 4 atom stereocenters. The fourth-order valence-electron chi connectivity index (χ4n) is 7.74. The molecule has 2 aliphatic carbocycles. The Hall–Kier alpha value is -3.23. The molecule has 2 aromatic rings. The number of rotatable bonds is 6. The van der Waals surface area contributed by atoms with Crippen LogP contribution in [0.3, 0.4) is 0 Å². The van der Waals surface area contributed by atoms with E-state index in [2.05, 4.69) is 23.1 Å². The number of hydrogen-bond acceptors (Lipinski definition) is 6. The van der Waals surface area contributed by atoms with Crippen molar-refractivity contribution in [2.45, 2.75) is 82.8 Å². The monoisotopic (exact) mass is 650 g/mol. The second-order valence-corrected chi connectivity index (χ2v) is 15.1. The fraction of sp³-hybridized carbons (Fsp3) is 0.568. The summed E-state index contributed by atoms with van der Waals surface area (Å²) in [6.45, 7) is 8.94. The summed E-state index contributed by atoms with van der Waals surface area (Å²) in [5, 5.41) is 10.6. The number of amides is 1. The Morgan fingerprint density at radius 1 is 1.17 bits per heavy atom. The normalized spacial score (nSPS) is 26.8. The molecular weight excluding hydrogens is 604 g/mol. The first-order chi connectivity index (χ1) is 21.9. The molecule has 1 N–H and O–H groups in total. The number of fused-ring (bicyclic) bond motifs is 3. The van der Waals surface area contributed by atoms with E-state index in [9.17, 15) is 14.7 Å². The van der Waals surface area contributed by atoms with Gasteiger partial charge in [-0.25, -0.2) is 9.59 Å². The molecule has 4 aliphatic rings. The summed E-state index contributed by atoms with van der Waals surface area (Å²) in [5.74, 6) is 0.634. The average molecular weight is 651 g/mol. The average Bonchev–Trinajstić information content (AvgIpc) is 3.14. The maximum atomic E-state index is 12.5. The van der Waals surface area contributed by atoms with Crippen molar-refractivity contribution in [1.29, 1.82) is 0 Å². The third-order valence-electron chi connectivity index (χ3n) is 10.3. The topological polar surface area (TPSA) is 88.5 Å². The molecule has 0 radical (unpaired) electrons. The first-order valence-corrected chi connectivity index (χ1v) is 17.1. The van der Waals surface area contributed by atoms with Crippen molar-refractivity contribution in [1.82, 2.24) is 4.90 Å². The number of carboxylic acid groups (broad SMARTS) is 1. The molecule has 46 heavy (non-hydrogen) atoms. The van der Waals surface area contributed by atoms with Gasteiger partial charge in [-0.3, -0.25) is 0 Å². The smallest absolute Gasteiger partial charge is 0.410 e. The number of hydrogen-bond donors (Lipinski definition) is 1. The number of nitrogens with zero attached hydrogens (tertiary/aromatic N) is 2. The van der Waals surface area contributed by atoms with E-state index in [-0.39, 0.29) is 23.2 Å². The number of likely N-dealkylation sites (N-methyl/N-ethyl adjacent to an activating group) is 1. The summed E-state index contributed by atoms with van der Waals surface area (Å²) in [5.41, 5.74) is 4.31. The second-order valence-electron chi connectivity index (χ2n) is 14.7. The Bertz CT molecular complexity index is 1500. The van der Waals surface area contributed by atoms with Gasteiger partial charge in [0.25, 0.3) is 0 Å². The summed E-state index contributed by atoms with van der Waals surface area (Å²) in [6, 6.07) is 11.5. The number of anilines is 1. The van der Waals surface area contributed by atoms with Gasteiger partial charge in [0, 0.05) is 37.1 Å². The molecule has 6 rings (SSSR count). The largest absolute Gasteiger partial charge is 0.490 e. The van der Waals surface area contributed by atoms with Crippen LogP contribution in [0, 0.1) is 11.8 Å². The predicted molar refractivity (Wildman–Crippen MR) is 179 cm³/mol. The summed E-state index contributed by atoms with van der Waals surface area (Å²) in [7, 11) is 1.77. The number of carbonyl (C=O) groups is 2. The summed E-state index contributed by atoms with van der Waals surface area (Å²) in [6.07, 6.45) is 8.99. The van der Waals surface area contributed by atoms with E-state index in [0.29, 0.717) is 31.6 Å². The van der Waals surface area contributed by atoms with Gasteiger partial charge < -0.3 is 29.1 Å². The lowest BCUT2D eigenvalue weighted by Crippen LogP contribution is -2.50. The number of carboxylic acids is 1. The van der Waals surface area contributed by atoms with E-state index < -0.39 is 11.6 Å². The van der Waals surface area contributed by atoms with E-state index in [1.165, 1.54) is 16.7 Å². The molecule has 8 nitrogen and oxygen atoms in total. The first kappa shape index (κ1) is 32.7.